The van der Waals surface area contributed by atoms with Crippen LogP contribution in [-0.2, 0) is 6.42 Å². The van der Waals surface area contributed by atoms with Crippen molar-refractivity contribution in [1.29, 1.82) is 0 Å². The monoisotopic (exact) mass is 256 g/mol. The number of hydrogen-bond acceptors (Lipinski definition) is 3. The Hall–Kier alpha value is -2.16. The van der Waals surface area contributed by atoms with Gasteiger partial charge >= 0.3 is 0 Å². The zero-order valence-electron chi connectivity index (χ0n) is 10.8. The molecule has 19 heavy (non-hydrogen) atoms. The smallest absolute Gasteiger partial charge is 0.137 e. The fraction of sp³-hybridized carbons (Fsp3) is 0.250. The van der Waals surface area contributed by atoms with Gasteiger partial charge in [0.25, 0.3) is 0 Å². The molecule has 98 valence electrons. The molecule has 0 aromatic heterocycles. The lowest BCUT2D eigenvalue weighted by Crippen LogP contribution is -2.22. The van der Waals surface area contributed by atoms with E-state index in [1.165, 1.54) is 5.56 Å². The summed E-state index contributed by atoms with van der Waals surface area (Å²) in [6.45, 7) is 2.33. The van der Waals surface area contributed by atoms with E-state index in [4.69, 9.17) is 9.47 Å². The number of para-hydroxylation sites is 1. The summed E-state index contributed by atoms with van der Waals surface area (Å²) in [4.78, 5) is 0. The standard InChI is InChI=1S/C16H16O3/c1-11-14(17)6-4-8-15(11)18-10-13-9-12-5-2-3-7-16(12)19-13/h2-8,13,17H,9-10H2,1H3. The summed E-state index contributed by atoms with van der Waals surface area (Å²) < 4.78 is 11.6. The summed E-state index contributed by atoms with van der Waals surface area (Å²) in [5.41, 5.74) is 1.99. The Kier molecular flexibility index (Phi) is 3.03. The summed E-state index contributed by atoms with van der Waals surface area (Å²) in [5, 5.41) is 9.62. The highest BCUT2D eigenvalue weighted by atomic mass is 16.5. The first-order valence-corrected chi connectivity index (χ1v) is 6.40. The number of fused-ring (bicyclic) bond motifs is 1. The van der Waals surface area contributed by atoms with Crippen molar-refractivity contribution in [2.24, 2.45) is 0 Å². The van der Waals surface area contributed by atoms with Crippen LogP contribution in [0.15, 0.2) is 42.5 Å². The van der Waals surface area contributed by atoms with Crippen LogP contribution in [0, 0.1) is 6.92 Å². The van der Waals surface area contributed by atoms with Crippen molar-refractivity contribution in [2.75, 3.05) is 6.61 Å². The predicted octanol–water partition coefficient (Wildman–Crippen LogP) is 3.08. The molecule has 3 nitrogen and oxygen atoms in total. The molecule has 0 fully saturated rings. The van der Waals surface area contributed by atoms with E-state index in [1.807, 2.05) is 31.2 Å². The highest BCUT2D eigenvalue weighted by Crippen LogP contribution is 2.30. The largest absolute Gasteiger partial charge is 0.508 e. The van der Waals surface area contributed by atoms with Gasteiger partial charge in [-0.25, -0.2) is 0 Å². The minimum absolute atomic E-state index is 0.0409. The second-order valence-corrected chi connectivity index (χ2v) is 4.76. The average Bonchev–Trinajstić information content (AvgIpc) is 2.83. The average molecular weight is 256 g/mol. The van der Waals surface area contributed by atoms with E-state index in [9.17, 15) is 5.11 Å². The molecule has 1 aliphatic heterocycles. The molecule has 0 saturated heterocycles. The Morgan fingerprint density at radius 1 is 1.21 bits per heavy atom. The first kappa shape index (κ1) is 11.9. The predicted molar refractivity (Wildman–Crippen MR) is 72.9 cm³/mol. The molecule has 0 spiro atoms. The second kappa shape index (κ2) is 4.84. The third-order valence-corrected chi connectivity index (χ3v) is 3.39. The van der Waals surface area contributed by atoms with E-state index in [1.54, 1.807) is 12.1 Å². The zero-order chi connectivity index (χ0) is 13.2. The highest BCUT2D eigenvalue weighted by molar-refractivity contribution is 5.42. The van der Waals surface area contributed by atoms with E-state index < -0.39 is 0 Å². The minimum Gasteiger partial charge on any atom is -0.508 e. The van der Waals surface area contributed by atoms with E-state index in [0.29, 0.717) is 12.4 Å². The number of aromatic hydroxyl groups is 1. The third-order valence-electron chi connectivity index (χ3n) is 3.39. The van der Waals surface area contributed by atoms with Gasteiger partial charge in [0.05, 0.1) is 0 Å². The van der Waals surface area contributed by atoms with Crippen LogP contribution in [0.4, 0.5) is 0 Å². The third kappa shape index (κ3) is 2.36. The van der Waals surface area contributed by atoms with Gasteiger partial charge in [0, 0.05) is 12.0 Å². The number of ether oxygens (including phenoxy) is 2. The Morgan fingerprint density at radius 3 is 2.89 bits per heavy atom. The number of benzene rings is 2. The lowest BCUT2D eigenvalue weighted by atomic mass is 10.1. The van der Waals surface area contributed by atoms with E-state index in [0.717, 1.165) is 17.7 Å². The molecular formula is C16H16O3. The van der Waals surface area contributed by atoms with Crippen LogP contribution in [0.25, 0.3) is 0 Å². The van der Waals surface area contributed by atoms with Crippen LogP contribution in [0.1, 0.15) is 11.1 Å². The van der Waals surface area contributed by atoms with Gasteiger partial charge in [0.15, 0.2) is 0 Å². The van der Waals surface area contributed by atoms with Gasteiger partial charge in [-0.05, 0) is 30.7 Å². The number of phenols is 1. The molecule has 0 aliphatic carbocycles. The van der Waals surface area contributed by atoms with Crippen molar-refractivity contribution in [1.82, 2.24) is 0 Å². The molecule has 1 N–H and O–H groups in total. The quantitative estimate of drug-likeness (QED) is 0.917. The normalized spacial score (nSPS) is 16.8. The van der Waals surface area contributed by atoms with Crippen LogP contribution < -0.4 is 9.47 Å². The van der Waals surface area contributed by atoms with Crippen LogP contribution in [0.5, 0.6) is 17.2 Å². The van der Waals surface area contributed by atoms with Gasteiger partial charge < -0.3 is 14.6 Å². The van der Waals surface area contributed by atoms with E-state index >= 15 is 0 Å². The van der Waals surface area contributed by atoms with Crippen molar-refractivity contribution >= 4 is 0 Å². The molecule has 1 atom stereocenters. The van der Waals surface area contributed by atoms with Crippen molar-refractivity contribution < 1.29 is 14.6 Å². The number of phenolic OH excluding ortho intramolecular Hbond substituents is 1. The zero-order valence-corrected chi connectivity index (χ0v) is 10.8. The maximum Gasteiger partial charge on any atom is 0.137 e. The fourth-order valence-electron chi connectivity index (χ4n) is 2.29. The van der Waals surface area contributed by atoms with E-state index in [-0.39, 0.29) is 11.9 Å². The van der Waals surface area contributed by atoms with E-state index in [2.05, 4.69) is 6.07 Å². The molecular weight excluding hydrogens is 240 g/mol. The Morgan fingerprint density at radius 2 is 2.05 bits per heavy atom. The van der Waals surface area contributed by atoms with Gasteiger partial charge in [-0.2, -0.15) is 0 Å². The molecule has 3 rings (SSSR count). The van der Waals surface area contributed by atoms with Crippen LogP contribution in [0.2, 0.25) is 0 Å². The Bertz CT molecular complexity index is 567. The first-order valence-electron chi connectivity index (χ1n) is 6.40. The Labute approximate surface area is 112 Å². The molecule has 1 unspecified atom stereocenters. The minimum atomic E-state index is 0.0409. The molecule has 2 aromatic carbocycles. The highest BCUT2D eigenvalue weighted by Gasteiger charge is 2.23. The van der Waals surface area contributed by atoms with Crippen LogP contribution >= 0.6 is 0 Å². The molecule has 0 bridgehead atoms. The van der Waals surface area contributed by atoms with Crippen molar-refractivity contribution in [2.45, 2.75) is 19.4 Å². The molecule has 2 aromatic rings. The molecule has 1 heterocycles. The fourth-order valence-corrected chi connectivity index (χ4v) is 2.29. The van der Waals surface area contributed by atoms with Crippen molar-refractivity contribution in [3.8, 4) is 17.2 Å². The summed E-state index contributed by atoms with van der Waals surface area (Å²) in [5.74, 6) is 1.91. The lowest BCUT2D eigenvalue weighted by Gasteiger charge is -2.14. The van der Waals surface area contributed by atoms with Gasteiger partial charge in [-0.1, -0.05) is 24.3 Å². The SMILES string of the molecule is Cc1c(O)cccc1OCC1Cc2ccccc2O1. The number of hydrogen-bond donors (Lipinski definition) is 1. The lowest BCUT2D eigenvalue weighted by molar-refractivity contribution is 0.148. The van der Waals surface area contributed by atoms with Gasteiger partial charge in [-0.3, -0.25) is 0 Å². The molecule has 0 saturated carbocycles. The van der Waals surface area contributed by atoms with Crippen LogP contribution in [-0.4, -0.2) is 17.8 Å². The van der Waals surface area contributed by atoms with Crippen molar-refractivity contribution in [3.05, 3.63) is 53.6 Å². The van der Waals surface area contributed by atoms with Crippen molar-refractivity contribution in [3.63, 3.8) is 0 Å². The summed E-state index contributed by atoms with van der Waals surface area (Å²) >= 11 is 0. The molecule has 1 aliphatic rings. The summed E-state index contributed by atoms with van der Waals surface area (Å²) in [6, 6.07) is 13.3. The van der Waals surface area contributed by atoms with Gasteiger partial charge in [-0.15, -0.1) is 0 Å². The molecule has 0 radical (unpaired) electrons. The topological polar surface area (TPSA) is 38.7 Å². The Balaban J connectivity index is 1.64. The maximum atomic E-state index is 9.62. The molecule has 0 amide bonds. The van der Waals surface area contributed by atoms with Gasteiger partial charge in [0.2, 0.25) is 0 Å². The summed E-state index contributed by atoms with van der Waals surface area (Å²) in [7, 11) is 0. The van der Waals surface area contributed by atoms with Crippen LogP contribution in [0.3, 0.4) is 0 Å². The van der Waals surface area contributed by atoms with Gasteiger partial charge in [0.1, 0.15) is 30.0 Å². The second-order valence-electron chi connectivity index (χ2n) is 4.76. The summed E-state index contributed by atoms with van der Waals surface area (Å²) in [6.07, 6.45) is 0.910. The number of rotatable bonds is 3. The first-order chi connectivity index (χ1) is 9.24. The maximum absolute atomic E-state index is 9.62. The molecule has 3 heteroatoms.